The first-order chi connectivity index (χ1) is 8.54. The minimum atomic E-state index is -3.27. The molecule has 19 heavy (non-hydrogen) atoms. The number of hydrogen-bond donors (Lipinski definition) is 0. The molecule has 0 aliphatic heterocycles. The van der Waals surface area contributed by atoms with Crippen LogP contribution in [0, 0.1) is 0 Å². The summed E-state index contributed by atoms with van der Waals surface area (Å²) in [4.78, 5) is 23.5. The van der Waals surface area contributed by atoms with Crippen molar-refractivity contribution in [3.05, 3.63) is 29.8 Å². The third-order valence-corrected chi connectivity index (χ3v) is 4.60. The molecule has 0 saturated heterocycles. The molecule has 1 rings (SSSR count). The zero-order chi connectivity index (χ0) is 14.8. The van der Waals surface area contributed by atoms with Crippen molar-refractivity contribution >= 4 is 32.5 Å². The normalized spacial score (nSPS) is 12.2. The van der Waals surface area contributed by atoms with E-state index in [9.17, 15) is 18.0 Å². The SMILES string of the molecule is CC(=O)SC(C)(C)C(=O)c1ccc(S(C)(=O)=O)cc1. The molecule has 0 fully saturated rings. The highest BCUT2D eigenvalue weighted by Gasteiger charge is 2.31. The van der Waals surface area contributed by atoms with Gasteiger partial charge >= 0.3 is 0 Å². The third-order valence-electron chi connectivity index (χ3n) is 2.49. The number of ketones is 1. The average molecular weight is 300 g/mol. The predicted octanol–water partition coefficient (Wildman–Crippen LogP) is 2.33. The van der Waals surface area contributed by atoms with Crippen LogP contribution in [0.5, 0.6) is 0 Å². The van der Waals surface area contributed by atoms with E-state index in [2.05, 4.69) is 0 Å². The maximum absolute atomic E-state index is 12.2. The zero-order valence-electron chi connectivity index (χ0n) is 11.3. The van der Waals surface area contributed by atoms with Gasteiger partial charge in [-0.2, -0.15) is 0 Å². The summed E-state index contributed by atoms with van der Waals surface area (Å²) in [6.07, 6.45) is 1.11. The van der Waals surface area contributed by atoms with Crippen molar-refractivity contribution in [1.82, 2.24) is 0 Å². The highest BCUT2D eigenvalue weighted by molar-refractivity contribution is 8.15. The number of benzene rings is 1. The van der Waals surface area contributed by atoms with Crippen molar-refractivity contribution in [2.75, 3.05) is 6.26 Å². The molecule has 0 N–H and O–H groups in total. The molecule has 0 atom stereocenters. The van der Waals surface area contributed by atoms with E-state index < -0.39 is 14.6 Å². The Morgan fingerprint density at radius 2 is 1.58 bits per heavy atom. The second-order valence-corrected chi connectivity index (χ2v) is 8.55. The first-order valence-electron chi connectivity index (χ1n) is 5.58. The second-order valence-electron chi connectivity index (χ2n) is 4.73. The molecule has 0 radical (unpaired) electrons. The summed E-state index contributed by atoms with van der Waals surface area (Å²) in [7, 11) is -3.27. The van der Waals surface area contributed by atoms with Crippen LogP contribution in [0.25, 0.3) is 0 Å². The second kappa shape index (κ2) is 5.46. The summed E-state index contributed by atoms with van der Waals surface area (Å²) in [5.41, 5.74) is 0.395. The van der Waals surface area contributed by atoms with Crippen LogP contribution in [0.2, 0.25) is 0 Å². The minimum absolute atomic E-state index is 0.133. The number of Topliss-reactive ketones (excluding diaryl/α,β-unsaturated/α-hetero) is 1. The summed E-state index contributed by atoms with van der Waals surface area (Å²) in [6, 6.07) is 5.75. The van der Waals surface area contributed by atoms with Gasteiger partial charge in [-0.1, -0.05) is 23.9 Å². The van der Waals surface area contributed by atoms with Gasteiger partial charge in [0.05, 0.1) is 9.64 Å². The summed E-state index contributed by atoms with van der Waals surface area (Å²) < 4.78 is 21.8. The molecule has 0 bridgehead atoms. The van der Waals surface area contributed by atoms with Gasteiger partial charge in [0.15, 0.2) is 20.7 Å². The van der Waals surface area contributed by atoms with Crippen LogP contribution in [0.4, 0.5) is 0 Å². The quantitative estimate of drug-likeness (QED) is 0.798. The van der Waals surface area contributed by atoms with Crippen LogP contribution in [-0.2, 0) is 14.6 Å². The van der Waals surface area contributed by atoms with Crippen molar-refractivity contribution in [3.63, 3.8) is 0 Å². The fraction of sp³-hybridized carbons (Fsp3) is 0.385. The van der Waals surface area contributed by atoms with E-state index in [4.69, 9.17) is 0 Å². The molecule has 1 aromatic rings. The minimum Gasteiger partial charge on any atom is -0.293 e. The molecule has 0 unspecified atom stereocenters. The van der Waals surface area contributed by atoms with E-state index in [0.717, 1.165) is 18.0 Å². The highest BCUT2D eigenvalue weighted by atomic mass is 32.2. The van der Waals surface area contributed by atoms with Gasteiger partial charge in [0.1, 0.15) is 0 Å². The standard InChI is InChI=1S/C13H16O4S2/c1-9(14)18-13(2,3)12(15)10-5-7-11(8-6-10)19(4,16)17/h5-8H,1-4H3. The number of carbonyl (C=O) groups excluding carboxylic acids is 2. The van der Waals surface area contributed by atoms with Gasteiger partial charge in [-0.25, -0.2) is 8.42 Å². The van der Waals surface area contributed by atoms with Crippen LogP contribution < -0.4 is 0 Å². The summed E-state index contributed by atoms with van der Waals surface area (Å²) in [5.74, 6) is -0.201. The first kappa shape index (κ1) is 15.9. The van der Waals surface area contributed by atoms with E-state index in [1.807, 2.05) is 0 Å². The molecule has 0 aromatic heterocycles. The van der Waals surface area contributed by atoms with Crippen molar-refractivity contribution in [2.45, 2.75) is 30.4 Å². The Labute approximate surface area is 117 Å². The van der Waals surface area contributed by atoms with Crippen molar-refractivity contribution in [1.29, 1.82) is 0 Å². The zero-order valence-corrected chi connectivity index (χ0v) is 12.9. The Morgan fingerprint density at radius 1 is 1.11 bits per heavy atom. The Morgan fingerprint density at radius 3 is 1.95 bits per heavy atom. The van der Waals surface area contributed by atoms with Crippen LogP contribution in [0.3, 0.4) is 0 Å². The van der Waals surface area contributed by atoms with Crippen molar-refractivity contribution in [3.8, 4) is 0 Å². The number of hydrogen-bond acceptors (Lipinski definition) is 5. The maximum atomic E-state index is 12.2. The maximum Gasteiger partial charge on any atom is 0.186 e. The smallest absolute Gasteiger partial charge is 0.186 e. The predicted molar refractivity (Wildman–Crippen MR) is 76.2 cm³/mol. The van der Waals surface area contributed by atoms with Gasteiger partial charge in [0, 0.05) is 18.7 Å². The molecule has 6 heteroatoms. The van der Waals surface area contributed by atoms with E-state index in [0.29, 0.717) is 5.56 Å². The Kier molecular flexibility index (Phi) is 4.58. The molecular formula is C13H16O4S2. The molecule has 0 heterocycles. The Bertz CT molecular complexity index is 598. The molecular weight excluding hydrogens is 284 g/mol. The number of sulfone groups is 1. The van der Waals surface area contributed by atoms with E-state index in [-0.39, 0.29) is 15.8 Å². The van der Waals surface area contributed by atoms with Gasteiger partial charge in [0.25, 0.3) is 0 Å². The Balaban J connectivity index is 3.05. The molecule has 0 spiro atoms. The molecule has 0 saturated carbocycles. The highest BCUT2D eigenvalue weighted by Crippen LogP contribution is 2.29. The van der Waals surface area contributed by atoms with E-state index in [1.54, 1.807) is 13.8 Å². The molecule has 0 aliphatic rings. The number of rotatable bonds is 4. The van der Waals surface area contributed by atoms with Gasteiger partial charge in [0.2, 0.25) is 0 Å². The summed E-state index contributed by atoms with van der Waals surface area (Å²) >= 11 is 0.963. The third kappa shape index (κ3) is 4.18. The van der Waals surface area contributed by atoms with Crippen LogP contribution in [-0.4, -0.2) is 30.3 Å². The van der Waals surface area contributed by atoms with Crippen molar-refractivity contribution in [2.24, 2.45) is 0 Å². The van der Waals surface area contributed by atoms with Gasteiger partial charge in [-0.15, -0.1) is 0 Å². The van der Waals surface area contributed by atoms with E-state index >= 15 is 0 Å². The monoisotopic (exact) mass is 300 g/mol. The molecule has 0 aliphatic carbocycles. The first-order valence-corrected chi connectivity index (χ1v) is 8.29. The number of carbonyl (C=O) groups is 2. The summed E-state index contributed by atoms with van der Waals surface area (Å²) in [6.45, 7) is 4.75. The van der Waals surface area contributed by atoms with Gasteiger partial charge in [-0.3, -0.25) is 9.59 Å². The largest absolute Gasteiger partial charge is 0.293 e. The lowest BCUT2D eigenvalue weighted by molar-refractivity contribution is -0.109. The fourth-order valence-electron chi connectivity index (χ4n) is 1.61. The molecule has 0 amide bonds. The lowest BCUT2D eigenvalue weighted by Crippen LogP contribution is -2.29. The Hall–Kier alpha value is -1.14. The molecule has 4 nitrogen and oxygen atoms in total. The molecule has 1 aromatic carbocycles. The summed E-state index contributed by atoms with van der Waals surface area (Å²) in [5, 5.41) is -0.133. The topological polar surface area (TPSA) is 68.3 Å². The lowest BCUT2D eigenvalue weighted by Gasteiger charge is -2.20. The lowest BCUT2D eigenvalue weighted by atomic mass is 10.0. The fourth-order valence-corrected chi connectivity index (χ4v) is 3.17. The van der Waals surface area contributed by atoms with Crippen LogP contribution >= 0.6 is 11.8 Å². The average Bonchev–Trinajstić information content (AvgIpc) is 2.25. The van der Waals surface area contributed by atoms with Crippen LogP contribution in [0.1, 0.15) is 31.1 Å². The van der Waals surface area contributed by atoms with E-state index in [1.165, 1.54) is 31.2 Å². The van der Waals surface area contributed by atoms with Gasteiger partial charge < -0.3 is 0 Å². The van der Waals surface area contributed by atoms with Crippen LogP contribution in [0.15, 0.2) is 29.2 Å². The van der Waals surface area contributed by atoms with Gasteiger partial charge in [-0.05, 0) is 26.0 Å². The van der Waals surface area contributed by atoms with Crippen molar-refractivity contribution < 1.29 is 18.0 Å². The molecule has 104 valence electrons. The number of thioether (sulfide) groups is 1.